The van der Waals surface area contributed by atoms with Crippen LogP contribution in [0, 0.1) is 11.0 Å². The van der Waals surface area contributed by atoms with Gasteiger partial charge < -0.3 is 19.9 Å². The number of nitrogens with one attached hydrogen (secondary N) is 2. The van der Waals surface area contributed by atoms with E-state index in [1.54, 1.807) is 11.0 Å². The van der Waals surface area contributed by atoms with E-state index in [1.165, 1.54) is 6.07 Å². The van der Waals surface area contributed by atoms with Crippen LogP contribution < -0.4 is 5.32 Å². The number of carbonyl (C=O) groups excluding carboxylic acids is 2. The molecule has 0 aliphatic carbocycles. The van der Waals surface area contributed by atoms with Gasteiger partial charge in [0.05, 0.1) is 10.6 Å². The summed E-state index contributed by atoms with van der Waals surface area (Å²) in [5, 5.41) is 2.55. The molecule has 9 heteroatoms. The molecule has 2 N–H and O–H groups in total. The molecular formula is C25H29FN4O3S. The standard InChI is InChI=1S/C25H29FN4O3S/c1-16(2)30(22(32)14-17-10-12-33-13-11-17)15-21(31)27-25-23(18-6-4-3-5-7-18)28-24(29-25)19-8-9-20(26)34-19/h3-9,16-17H,10-15H2,1-2H3,(H,27,31)(H,28,29). The van der Waals surface area contributed by atoms with Crippen LogP contribution in [0.1, 0.15) is 33.1 Å². The van der Waals surface area contributed by atoms with E-state index in [9.17, 15) is 14.0 Å². The van der Waals surface area contributed by atoms with Crippen molar-refractivity contribution in [3.63, 3.8) is 0 Å². The number of hydrogen-bond acceptors (Lipinski definition) is 5. The first-order valence-electron chi connectivity index (χ1n) is 11.5. The van der Waals surface area contributed by atoms with Crippen molar-refractivity contribution >= 4 is 29.0 Å². The predicted octanol–water partition coefficient (Wildman–Crippen LogP) is 4.94. The molecule has 2 aromatic heterocycles. The number of imidazole rings is 1. The Kier molecular flexibility index (Phi) is 7.74. The Labute approximate surface area is 202 Å². The van der Waals surface area contributed by atoms with Crippen molar-refractivity contribution in [2.45, 2.75) is 39.2 Å². The molecule has 1 aliphatic rings. The molecule has 1 saturated heterocycles. The molecule has 34 heavy (non-hydrogen) atoms. The third-order valence-electron chi connectivity index (χ3n) is 5.89. The maximum Gasteiger partial charge on any atom is 0.245 e. The first kappa shape index (κ1) is 24.1. The Hall–Kier alpha value is -3.04. The van der Waals surface area contributed by atoms with E-state index in [2.05, 4.69) is 15.3 Å². The fourth-order valence-corrected chi connectivity index (χ4v) is 4.71. The predicted molar refractivity (Wildman–Crippen MR) is 131 cm³/mol. The molecule has 3 aromatic rings. The van der Waals surface area contributed by atoms with Gasteiger partial charge in [-0.2, -0.15) is 4.39 Å². The maximum atomic E-state index is 13.6. The van der Waals surface area contributed by atoms with Gasteiger partial charge in [0.25, 0.3) is 0 Å². The maximum absolute atomic E-state index is 13.6. The Morgan fingerprint density at radius 2 is 1.94 bits per heavy atom. The number of amides is 2. The van der Waals surface area contributed by atoms with Gasteiger partial charge in [-0.1, -0.05) is 30.3 Å². The van der Waals surface area contributed by atoms with Crippen molar-refractivity contribution in [2.75, 3.05) is 25.1 Å². The molecule has 2 amide bonds. The molecule has 1 fully saturated rings. The number of carbonyl (C=O) groups is 2. The molecular weight excluding hydrogens is 455 g/mol. The zero-order chi connectivity index (χ0) is 24.1. The number of benzene rings is 1. The van der Waals surface area contributed by atoms with Crippen LogP contribution in [0.5, 0.6) is 0 Å². The normalized spacial score (nSPS) is 14.4. The average Bonchev–Trinajstić information content (AvgIpc) is 3.44. The van der Waals surface area contributed by atoms with Crippen LogP contribution >= 0.6 is 11.3 Å². The Balaban J connectivity index is 1.51. The number of anilines is 1. The number of aromatic nitrogens is 2. The average molecular weight is 485 g/mol. The molecule has 0 unspecified atom stereocenters. The molecule has 7 nitrogen and oxygen atoms in total. The molecule has 0 saturated carbocycles. The van der Waals surface area contributed by atoms with Gasteiger partial charge in [0.1, 0.15) is 6.54 Å². The fourth-order valence-electron chi connectivity index (χ4n) is 4.04. The summed E-state index contributed by atoms with van der Waals surface area (Å²) in [6.45, 7) is 5.10. The lowest BCUT2D eigenvalue weighted by Gasteiger charge is -2.29. The minimum atomic E-state index is -0.332. The molecule has 1 aromatic carbocycles. The van der Waals surface area contributed by atoms with Gasteiger partial charge in [-0.25, -0.2) is 4.98 Å². The summed E-state index contributed by atoms with van der Waals surface area (Å²) in [7, 11) is 0. The number of halogens is 1. The molecule has 180 valence electrons. The highest BCUT2D eigenvalue weighted by Gasteiger charge is 2.25. The van der Waals surface area contributed by atoms with E-state index in [0.717, 1.165) is 29.7 Å². The highest BCUT2D eigenvalue weighted by atomic mass is 32.1. The smallest absolute Gasteiger partial charge is 0.245 e. The van der Waals surface area contributed by atoms with Crippen LogP contribution in [0.15, 0.2) is 42.5 Å². The van der Waals surface area contributed by atoms with Crippen LogP contribution in [0.25, 0.3) is 22.0 Å². The topological polar surface area (TPSA) is 87.3 Å². The largest absolute Gasteiger partial charge is 0.381 e. The van der Waals surface area contributed by atoms with Crippen molar-refractivity contribution < 1.29 is 18.7 Å². The van der Waals surface area contributed by atoms with E-state index in [4.69, 9.17) is 4.74 Å². The fraction of sp³-hybridized carbons (Fsp3) is 0.400. The monoisotopic (exact) mass is 484 g/mol. The summed E-state index contributed by atoms with van der Waals surface area (Å²) in [6.07, 6.45) is 2.15. The zero-order valence-corrected chi connectivity index (χ0v) is 20.2. The van der Waals surface area contributed by atoms with Crippen molar-refractivity contribution in [2.24, 2.45) is 5.92 Å². The molecule has 4 rings (SSSR count). The van der Waals surface area contributed by atoms with Crippen LogP contribution in [-0.4, -0.2) is 52.5 Å². The number of rotatable bonds is 8. The second kappa shape index (κ2) is 10.9. The number of thiophene rings is 1. The third kappa shape index (κ3) is 5.90. The number of hydrogen-bond donors (Lipinski definition) is 2. The van der Waals surface area contributed by atoms with Gasteiger partial charge in [0.15, 0.2) is 16.8 Å². The number of aromatic amines is 1. The van der Waals surface area contributed by atoms with Crippen LogP contribution in [-0.2, 0) is 14.3 Å². The lowest BCUT2D eigenvalue weighted by atomic mass is 9.95. The van der Waals surface area contributed by atoms with Crippen LogP contribution in [0.4, 0.5) is 10.2 Å². The zero-order valence-electron chi connectivity index (χ0n) is 19.3. The van der Waals surface area contributed by atoms with E-state index in [1.807, 2.05) is 44.2 Å². The summed E-state index contributed by atoms with van der Waals surface area (Å²) in [4.78, 5) is 36.0. The van der Waals surface area contributed by atoms with Crippen molar-refractivity contribution in [3.05, 3.63) is 47.6 Å². The van der Waals surface area contributed by atoms with Crippen molar-refractivity contribution in [1.82, 2.24) is 14.9 Å². The molecule has 1 aliphatic heterocycles. The summed E-state index contributed by atoms with van der Waals surface area (Å²) in [6, 6.07) is 12.4. The Bertz CT molecular complexity index is 1120. The molecule has 0 atom stereocenters. The van der Waals surface area contributed by atoms with E-state index in [0.29, 0.717) is 41.8 Å². The molecule has 0 bridgehead atoms. The highest BCUT2D eigenvalue weighted by Crippen LogP contribution is 2.32. The minimum Gasteiger partial charge on any atom is -0.381 e. The second-order valence-electron chi connectivity index (χ2n) is 8.70. The lowest BCUT2D eigenvalue weighted by molar-refractivity contribution is -0.137. The van der Waals surface area contributed by atoms with Gasteiger partial charge in [-0.15, -0.1) is 11.3 Å². The van der Waals surface area contributed by atoms with Crippen LogP contribution in [0.2, 0.25) is 0 Å². The van der Waals surface area contributed by atoms with Crippen molar-refractivity contribution in [3.8, 4) is 22.0 Å². The van der Waals surface area contributed by atoms with Gasteiger partial charge in [-0.3, -0.25) is 9.59 Å². The van der Waals surface area contributed by atoms with Gasteiger partial charge >= 0.3 is 0 Å². The Morgan fingerprint density at radius 3 is 2.59 bits per heavy atom. The summed E-state index contributed by atoms with van der Waals surface area (Å²) in [5.41, 5.74) is 1.47. The Morgan fingerprint density at radius 1 is 1.21 bits per heavy atom. The minimum absolute atomic E-state index is 0.0305. The van der Waals surface area contributed by atoms with Crippen molar-refractivity contribution in [1.29, 1.82) is 0 Å². The third-order valence-corrected chi connectivity index (χ3v) is 6.77. The number of H-pyrrole nitrogens is 1. The first-order chi connectivity index (χ1) is 16.4. The SMILES string of the molecule is CC(C)N(CC(=O)Nc1nc(-c2ccc(F)s2)[nH]c1-c1ccccc1)C(=O)CC1CCOCC1. The summed E-state index contributed by atoms with van der Waals surface area (Å²) < 4.78 is 19.0. The molecule has 0 spiro atoms. The number of ether oxygens (including phenoxy) is 1. The first-order valence-corrected chi connectivity index (χ1v) is 12.3. The summed E-state index contributed by atoms with van der Waals surface area (Å²) in [5.74, 6) is 0.744. The van der Waals surface area contributed by atoms with E-state index < -0.39 is 0 Å². The van der Waals surface area contributed by atoms with Gasteiger partial charge in [-0.05, 0) is 44.7 Å². The quantitative estimate of drug-likeness (QED) is 0.474. The van der Waals surface area contributed by atoms with E-state index >= 15 is 0 Å². The lowest BCUT2D eigenvalue weighted by Crippen LogP contribution is -2.43. The van der Waals surface area contributed by atoms with Gasteiger partial charge in [0.2, 0.25) is 11.8 Å². The highest BCUT2D eigenvalue weighted by molar-refractivity contribution is 7.13. The second-order valence-corrected chi connectivity index (χ2v) is 9.74. The van der Waals surface area contributed by atoms with E-state index in [-0.39, 0.29) is 35.4 Å². The molecule has 3 heterocycles. The van der Waals surface area contributed by atoms with Gasteiger partial charge in [0, 0.05) is 31.2 Å². The van der Waals surface area contributed by atoms with Crippen LogP contribution in [0.3, 0.4) is 0 Å². The summed E-state index contributed by atoms with van der Waals surface area (Å²) >= 11 is 0.977. The molecule has 0 radical (unpaired) electrons. The number of nitrogens with zero attached hydrogens (tertiary/aromatic N) is 2.